The first kappa shape index (κ1) is 13.0. The summed E-state index contributed by atoms with van der Waals surface area (Å²) in [4.78, 5) is 4.45. The predicted octanol–water partition coefficient (Wildman–Crippen LogP) is 2.99. The van der Waals surface area contributed by atoms with Gasteiger partial charge in [0.2, 0.25) is 0 Å². The molecule has 6 heteroatoms. The van der Waals surface area contributed by atoms with Crippen molar-refractivity contribution in [2.75, 3.05) is 11.6 Å². The fourth-order valence-corrected chi connectivity index (χ4v) is 2.37. The molecule has 1 heterocycles. The quantitative estimate of drug-likeness (QED) is 0.941. The Labute approximate surface area is 114 Å². The first-order valence-electron chi connectivity index (χ1n) is 5.14. The molecule has 0 aliphatic heterocycles. The molecule has 1 N–H and O–H groups in total. The number of nitrogens with zero attached hydrogens (tertiary/aromatic N) is 1. The van der Waals surface area contributed by atoms with Crippen LogP contribution in [0.2, 0.25) is 0 Å². The minimum atomic E-state index is -3.15. The normalized spacial score (nSPS) is 11.2. The molecule has 0 radical (unpaired) electrons. The van der Waals surface area contributed by atoms with Crippen molar-refractivity contribution in [1.29, 1.82) is 0 Å². The predicted molar refractivity (Wildman–Crippen MR) is 74.8 cm³/mol. The van der Waals surface area contributed by atoms with E-state index in [1.807, 2.05) is 12.1 Å². The standard InChI is InChI=1S/C12H11BrN2O2S/c1-18(16,17)11-4-2-10(3-5-11)15-12-8-9(13)6-7-14-12/h2-8H,1H3,(H,14,15). The Bertz CT molecular complexity index is 654. The third-order valence-corrected chi connectivity index (χ3v) is 3.90. The SMILES string of the molecule is CS(=O)(=O)c1ccc(Nc2cc(Br)ccn2)cc1. The number of hydrogen-bond acceptors (Lipinski definition) is 4. The van der Waals surface area contributed by atoms with Crippen molar-refractivity contribution in [3.8, 4) is 0 Å². The fraction of sp³-hybridized carbons (Fsp3) is 0.0833. The second-order valence-electron chi connectivity index (χ2n) is 3.78. The zero-order chi connectivity index (χ0) is 13.2. The average molecular weight is 327 g/mol. The highest BCUT2D eigenvalue weighted by Crippen LogP contribution is 2.19. The third kappa shape index (κ3) is 3.30. The molecule has 0 aliphatic carbocycles. The zero-order valence-corrected chi connectivity index (χ0v) is 12.0. The number of anilines is 2. The lowest BCUT2D eigenvalue weighted by Crippen LogP contribution is -1.98. The van der Waals surface area contributed by atoms with Gasteiger partial charge < -0.3 is 5.32 Å². The molecule has 94 valence electrons. The lowest BCUT2D eigenvalue weighted by atomic mass is 10.3. The number of sulfone groups is 1. The Hall–Kier alpha value is -1.40. The molecule has 0 unspecified atom stereocenters. The van der Waals surface area contributed by atoms with E-state index >= 15 is 0 Å². The van der Waals surface area contributed by atoms with Gasteiger partial charge >= 0.3 is 0 Å². The molecular formula is C12H11BrN2O2S. The van der Waals surface area contributed by atoms with Crippen LogP contribution in [0.4, 0.5) is 11.5 Å². The maximum atomic E-state index is 11.3. The summed E-state index contributed by atoms with van der Waals surface area (Å²) in [6.45, 7) is 0. The Balaban J connectivity index is 2.21. The van der Waals surface area contributed by atoms with Crippen molar-refractivity contribution in [3.05, 3.63) is 47.1 Å². The summed E-state index contributed by atoms with van der Waals surface area (Å²) < 4.78 is 23.5. The molecule has 0 saturated heterocycles. The van der Waals surface area contributed by atoms with Crippen LogP contribution in [0.1, 0.15) is 0 Å². The van der Waals surface area contributed by atoms with Crippen molar-refractivity contribution in [2.24, 2.45) is 0 Å². The number of rotatable bonds is 3. The van der Waals surface area contributed by atoms with E-state index in [4.69, 9.17) is 0 Å². The van der Waals surface area contributed by atoms with Gasteiger partial charge in [-0.25, -0.2) is 13.4 Å². The molecule has 1 aromatic heterocycles. The molecule has 0 amide bonds. The number of halogens is 1. The van der Waals surface area contributed by atoms with Crippen molar-refractivity contribution in [2.45, 2.75) is 4.90 Å². The minimum absolute atomic E-state index is 0.301. The smallest absolute Gasteiger partial charge is 0.175 e. The summed E-state index contributed by atoms with van der Waals surface area (Å²) in [6, 6.07) is 10.2. The number of aromatic nitrogens is 1. The zero-order valence-electron chi connectivity index (χ0n) is 9.59. The lowest BCUT2D eigenvalue weighted by molar-refractivity contribution is 0.602. The van der Waals surface area contributed by atoms with E-state index in [-0.39, 0.29) is 0 Å². The molecule has 1 aromatic carbocycles. The molecule has 0 fully saturated rings. The van der Waals surface area contributed by atoms with Gasteiger partial charge in [0.25, 0.3) is 0 Å². The maximum absolute atomic E-state index is 11.3. The largest absolute Gasteiger partial charge is 0.340 e. The summed E-state index contributed by atoms with van der Waals surface area (Å²) in [7, 11) is -3.15. The first-order chi connectivity index (χ1) is 8.45. The van der Waals surface area contributed by atoms with Gasteiger partial charge in [-0.15, -0.1) is 0 Å². The van der Waals surface area contributed by atoms with Crippen LogP contribution in [-0.2, 0) is 9.84 Å². The molecule has 2 rings (SSSR count). The van der Waals surface area contributed by atoms with Crippen LogP contribution in [0.15, 0.2) is 52.0 Å². The van der Waals surface area contributed by atoms with Crippen molar-refractivity contribution >= 4 is 37.3 Å². The molecule has 4 nitrogen and oxygen atoms in total. The van der Waals surface area contributed by atoms with Crippen LogP contribution in [-0.4, -0.2) is 19.7 Å². The van der Waals surface area contributed by atoms with Crippen LogP contribution in [0, 0.1) is 0 Å². The van der Waals surface area contributed by atoms with E-state index in [9.17, 15) is 8.42 Å². The van der Waals surface area contributed by atoms with E-state index in [1.165, 1.54) is 6.26 Å². The van der Waals surface area contributed by atoms with Crippen molar-refractivity contribution < 1.29 is 8.42 Å². The molecular weight excluding hydrogens is 316 g/mol. The van der Waals surface area contributed by atoms with Gasteiger partial charge in [-0.05, 0) is 36.4 Å². The minimum Gasteiger partial charge on any atom is -0.340 e. The lowest BCUT2D eigenvalue weighted by Gasteiger charge is -2.06. The third-order valence-electron chi connectivity index (χ3n) is 2.28. The number of benzene rings is 1. The van der Waals surface area contributed by atoms with Gasteiger partial charge in [0.05, 0.1) is 4.90 Å². The van der Waals surface area contributed by atoms with E-state index in [1.54, 1.807) is 30.5 Å². The van der Waals surface area contributed by atoms with Crippen LogP contribution in [0.3, 0.4) is 0 Å². The van der Waals surface area contributed by atoms with Gasteiger partial charge in [0, 0.05) is 22.6 Å². The number of nitrogens with one attached hydrogen (secondary N) is 1. The summed E-state index contributed by atoms with van der Waals surface area (Å²) in [5.41, 5.74) is 0.785. The number of pyridine rings is 1. The van der Waals surface area contributed by atoms with E-state index in [2.05, 4.69) is 26.2 Å². The van der Waals surface area contributed by atoms with Crippen LogP contribution >= 0.6 is 15.9 Å². The second kappa shape index (κ2) is 5.07. The van der Waals surface area contributed by atoms with Crippen molar-refractivity contribution in [3.63, 3.8) is 0 Å². The van der Waals surface area contributed by atoms with Gasteiger partial charge in [0.1, 0.15) is 5.82 Å². The second-order valence-corrected chi connectivity index (χ2v) is 6.71. The summed E-state index contributed by atoms with van der Waals surface area (Å²) >= 11 is 3.35. The molecule has 0 spiro atoms. The Kier molecular flexibility index (Phi) is 3.68. The van der Waals surface area contributed by atoms with Crippen LogP contribution in [0.5, 0.6) is 0 Å². The molecule has 0 atom stereocenters. The topological polar surface area (TPSA) is 59.1 Å². The van der Waals surface area contributed by atoms with E-state index in [0.29, 0.717) is 10.7 Å². The Morgan fingerprint density at radius 1 is 1.17 bits per heavy atom. The monoisotopic (exact) mass is 326 g/mol. The van der Waals surface area contributed by atoms with E-state index < -0.39 is 9.84 Å². The highest BCUT2D eigenvalue weighted by molar-refractivity contribution is 9.10. The van der Waals surface area contributed by atoms with Gasteiger partial charge in [-0.3, -0.25) is 0 Å². The molecule has 0 saturated carbocycles. The molecule has 0 aliphatic rings. The average Bonchev–Trinajstić information content (AvgIpc) is 2.28. The van der Waals surface area contributed by atoms with Crippen molar-refractivity contribution in [1.82, 2.24) is 4.98 Å². The first-order valence-corrected chi connectivity index (χ1v) is 7.82. The van der Waals surface area contributed by atoms with E-state index in [0.717, 1.165) is 10.2 Å². The van der Waals surface area contributed by atoms with Gasteiger partial charge in [-0.2, -0.15) is 0 Å². The van der Waals surface area contributed by atoms with Crippen LogP contribution < -0.4 is 5.32 Å². The van der Waals surface area contributed by atoms with Gasteiger partial charge in [-0.1, -0.05) is 15.9 Å². The molecule has 0 bridgehead atoms. The molecule has 18 heavy (non-hydrogen) atoms. The summed E-state index contributed by atoms with van der Waals surface area (Å²) in [5.74, 6) is 0.691. The molecule has 2 aromatic rings. The number of hydrogen-bond donors (Lipinski definition) is 1. The van der Waals surface area contributed by atoms with Gasteiger partial charge in [0.15, 0.2) is 9.84 Å². The fourth-order valence-electron chi connectivity index (χ4n) is 1.41. The highest BCUT2D eigenvalue weighted by Gasteiger charge is 2.06. The Morgan fingerprint density at radius 3 is 2.39 bits per heavy atom. The Morgan fingerprint density at radius 2 is 1.83 bits per heavy atom. The maximum Gasteiger partial charge on any atom is 0.175 e. The van der Waals surface area contributed by atoms with Crippen LogP contribution in [0.25, 0.3) is 0 Å². The summed E-state index contributed by atoms with van der Waals surface area (Å²) in [6.07, 6.45) is 2.86. The highest BCUT2D eigenvalue weighted by atomic mass is 79.9. The summed E-state index contributed by atoms with van der Waals surface area (Å²) in [5, 5.41) is 3.09.